The highest BCUT2D eigenvalue weighted by atomic mass is 32.2. The fourth-order valence-corrected chi connectivity index (χ4v) is 3.21. The van der Waals surface area contributed by atoms with E-state index in [0.29, 0.717) is 6.04 Å². The number of nitrogens with zero attached hydrogens (tertiary/aromatic N) is 4. The summed E-state index contributed by atoms with van der Waals surface area (Å²) in [5.41, 5.74) is 2.09. The Kier molecular flexibility index (Phi) is 3.45. The average molecular weight is 261 g/mol. The van der Waals surface area contributed by atoms with Crippen LogP contribution in [0.2, 0.25) is 0 Å². The molecule has 1 fully saturated rings. The number of para-hydroxylation sites is 2. The molecule has 1 unspecified atom stereocenters. The van der Waals surface area contributed by atoms with Crippen LogP contribution in [0.25, 0.3) is 5.69 Å². The first-order valence-corrected chi connectivity index (χ1v) is 7.25. The van der Waals surface area contributed by atoms with Crippen molar-refractivity contribution < 1.29 is 0 Å². The molecule has 18 heavy (non-hydrogen) atoms. The Hall–Kier alpha value is -1.56. The van der Waals surface area contributed by atoms with Crippen LogP contribution in [0, 0.1) is 0 Å². The molecular weight excluding hydrogens is 246 g/mol. The molecule has 0 aliphatic carbocycles. The minimum atomic E-state index is 0.543. The molecule has 6 heteroatoms. The Morgan fingerprint density at radius 2 is 2.28 bits per heavy atom. The van der Waals surface area contributed by atoms with E-state index in [2.05, 4.69) is 26.9 Å². The summed E-state index contributed by atoms with van der Waals surface area (Å²) in [5.74, 6) is 2.46. The van der Waals surface area contributed by atoms with Gasteiger partial charge in [0.05, 0.1) is 11.4 Å². The summed E-state index contributed by atoms with van der Waals surface area (Å²) in [5, 5.41) is 14.9. The molecule has 2 heterocycles. The lowest BCUT2D eigenvalue weighted by Crippen LogP contribution is -2.26. The number of anilines is 1. The normalized spacial score (nSPS) is 19.7. The summed E-state index contributed by atoms with van der Waals surface area (Å²) < 4.78 is 1.69. The van der Waals surface area contributed by atoms with Crippen molar-refractivity contribution in [2.24, 2.45) is 0 Å². The highest BCUT2D eigenvalue weighted by molar-refractivity contribution is 7.99. The molecule has 3 rings (SSSR count). The predicted molar refractivity (Wildman–Crippen MR) is 73.1 cm³/mol. The topological polar surface area (TPSA) is 55.6 Å². The monoisotopic (exact) mass is 261 g/mol. The van der Waals surface area contributed by atoms with Crippen molar-refractivity contribution in [2.75, 3.05) is 16.8 Å². The first-order valence-electron chi connectivity index (χ1n) is 6.10. The minimum Gasteiger partial charge on any atom is -0.380 e. The second-order valence-electron chi connectivity index (χ2n) is 4.33. The Balaban J connectivity index is 1.83. The first-order chi connectivity index (χ1) is 8.93. The van der Waals surface area contributed by atoms with E-state index in [1.54, 1.807) is 11.0 Å². The van der Waals surface area contributed by atoms with Gasteiger partial charge in [0, 0.05) is 11.8 Å². The van der Waals surface area contributed by atoms with Crippen LogP contribution < -0.4 is 5.32 Å². The van der Waals surface area contributed by atoms with Crippen molar-refractivity contribution in [1.82, 2.24) is 20.2 Å². The number of thioether (sulfide) groups is 1. The van der Waals surface area contributed by atoms with Crippen LogP contribution in [0.1, 0.15) is 12.8 Å². The van der Waals surface area contributed by atoms with E-state index in [4.69, 9.17) is 0 Å². The predicted octanol–water partition coefficient (Wildman–Crippen LogP) is 1.97. The third kappa shape index (κ3) is 2.48. The summed E-state index contributed by atoms with van der Waals surface area (Å²) in [6, 6.07) is 8.68. The van der Waals surface area contributed by atoms with Crippen LogP contribution >= 0.6 is 11.8 Å². The van der Waals surface area contributed by atoms with Gasteiger partial charge in [-0.15, -0.1) is 5.10 Å². The molecule has 1 N–H and O–H groups in total. The number of hydrogen-bond donors (Lipinski definition) is 1. The van der Waals surface area contributed by atoms with Gasteiger partial charge in [0.1, 0.15) is 6.33 Å². The summed E-state index contributed by atoms with van der Waals surface area (Å²) in [7, 11) is 0. The van der Waals surface area contributed by atoms with Crippen LogP contribution in [0.4, 0.5) is 5.69 Å². The third-order valence-corrected chi connectivity index (χ3v) is 4.24. The molecular formula is C12H15N5S. The zero-order chi connectivity index (χ0) is 12.2. The largest absolute Gasteiger partial charge is 0.380 e. The SMILES string of the molecule is c1ccc(-n2cnnn2)c(NC2CCCSC2)c1. The number of aromatic nitrogens is 4. The van der Waals surface area contributed by atoms with Crippen molar-refractivity contribution in [2.45, 2.75) is 18.9 Å². The highest BCUT2D eigenvalue weighted by Gasteiger charge is 2.15. The van der Waals surface area contributed by atoms with Gasteiger partial charge in [0.2, 0.25) is 0 Å². The summed E-state index contributed by atoms with van der Waals surface area (Å²) >= 11 is 2.02. The van der Waals surface area contributed by atoms with E-state index in [1.165, 1.54) is 24.3 Å². The fraction of sp³-hybridized carbons (Fsp3) is 0.417. The van der Waals surface area contributed by atoms with Crippen LogP contribution in [0.5, 0.6) is 0 Å². The van der Waals surface area contributed by atoms with Crippen LogP contribution in [0.15, 0.2) is 30.6 Å². The molecule has 1 atom stereocenters. The van der Waals surface area contributed by atoms with E-state index in [9.17, 15) is 0 Å². The van der Waals surface area contributed by atoms with Gasteiger partial charge in [0.25, 0.3) is 0 Å². The number of hydrogen-bond acceptors (Lipinski definition) is 5. The van der Waals surface area contributed by atoms with Crippen LogP contribution in [-0.2, 0) is 0 Å². The van der Waals surface area contributed by atoms with Gasteiger partial charge in [-0.25, -0.2) is 0 Å². The molecule has 0 amide bonds. The summed E-state index contributed by atoms with van der Waals surface area (Å²) in [6.07, 6.45) is 4.14. The fourth-order valence-electron chi connectivity index (χ4n) is 2.14. The van der Waals surface area contributed by atoms with Crippen molar-refractivity contribution in [3.8, 4) is 5.69 Å². The molecule has 1 aromatic heterocycles. The summed E-state index contributed by atoms with van der Waals surface area (Å²) in [6.45, 7) is 0. The Morgan fingerprint density at radius 1 is 1.33 bits per heavy atom. The van der Waals surface area contributed by atoms with Gasteiger partial charge < -0.3 is 5.32 Å². The minimum absolute atomic E-state index is 0.543. The Bertz CT molecular complexity index is 493. The second kappa shape index (κ2) is 5.39. The maximum absolute atomic E-state index is 3.95. The van der Waals surface area contributed by atoms with E-state index in [0.717, 1.165) is 11.4 Å². The number of rotatable bonds is 3. The van der Waals surface area contributed by atoms with E-state index in [1.807, 2.05) is 30.0 Å². The Morgan fingerprint density at radius 3 is 3.06 bits per heavy atom. The molecule has 1 aliphatic heterocycles. The molecule has 1 aromatic carbocycles. The first kappa shape index (κ1) is 11.5. The number of benzene rings is 1. The molecule has 0 bridgehead atoms. The Labute approximate surface area is 110 Å². The van der Waals surface area contributed by atoms with Crippen molar-refractivity contribution in [3.63, 3.8) is 0 Å². The molecule has 0 saturated carbocycles. The second-order valence-corrected chi connectivity index (χ2v) is 5.48. The lowest BCUT2D eigenvalue weighted by atomic mass is 10.1. The molecule has 94 valence electrons. The number of nitrogens with one attached hydrogen (secondary N) is 1. The molecule has 0 spiro atoms. The van der Waals surface area contributed by atoms with Crippen molar-refractivity contribution >= 4 is 17.4 Å². The van der Waals surface area contributed by atoms with Crippen molar-refractivity contribution in [1.29, 1.82) is 0 Å². The maximum Gasteiger partial charge on any atom is 0.143 e. The van der Waals surface area contributed by atoms with Gasteiger partial charge in [0.15, 0.2) is 0 Å². The molecule has 5 nitrogen and oxygen atoms in total. The van der Waals surface area contributed by atoms with Gasteiger partial charge in [-0.05, 0) is 41.2 Å². The molecule has 1 saturated heterocycles. The van der Waals surface area contributed by atoms with Gasteiger partial charge in [-0.3, -0.25) is 0 Å². The molecule has 0 radical (unpaired) electrons. The van der Waals surface area contributed by atoms with Gasteiger partial charge >= 0.3 is 0 Å². The van der Waals surface area contributed by atoms with E-state index < -0.39 is 0 Å². The standard InChI is InChI=1S/C12H15N5S/c1-2-6-12(17-9-13-15-16-17)11(5-1)14-10-4-3-7-18-8-10/h1-2,5-6,9-10,14H,3-4,7-8H2. The summed E-state index contributed by atoms with van der Waals surface area (Å²) in [4.78, 5) is 0. The zero-order valence-corrected chi connectivity index (χ0v) is 10.8. The number of tetrazole rings is 1. The highest BCUT2D eigenvalue weighted by Crippen LogP contribution is 2.24. The van der Waals surface area contributed by atoms with Gasteiger partial charge in [-0.2, -0.15) is 16.4 Å². The van der Waals surface area contributed by atoms with Crippen molar-refractivity contribution in [3.05, 3.63) is 30.6 Å². The van der Waals surface area contributed by atoms with Gasteiger partial charge in [-0.1, -0.05) is 12.1 Å². The van der Waals surface area contributed by atoms with Crippen LogP contribution in [0.3, 0.4) is 0 Å². The molecule has 2 aromatic rings. The average Bonchev–Trinajstić information content (AvgIpc) is 2.94. The quantitative estimate of drug-likeness (QED) is 0.915. The lowest BCUT2D eigenvalue weighted by molar-refractivity contribution is 0.683. The van der Waals surface area contributed by atoms with E-state index >= 15 is 0 Å². The zero-order valence-electron chi connectivity index (χ0n) is 9.99. The lowest BCUT2D eigenvalue weighted by Gasteiger charge is -2.24. The third-order valence-electron chi connectivity index (χ3n) is 3.02. The smallest absolute Gasteiger partial charge is 0.143 e. The van der Waals surface area contributed by atoms with Crippen LogP contribution in [-0.4, -0.2) is 37.8 Å². The van der Waals surface area contributed by atoms with E-state index in [-0.39, 0.29) is 0 Å². The molecule has 1 aliphatic rings. The maximum atomic E-state index is 3.95.